The van der Waals surface area contributed by atoms with Crippen molar-refractivity contribution in [3.05, 3.63) is 51.2 Å². The summed E-state index contributed by atoms with van der Waals surface area (Å²) in [6.07, 6.45) is 3.73. The van der Waals surface area contributed by atoms with Crippen molar-refractivity contribution >= 4 is 27.5 Å². The molecule has 0 amide bonds. The minimum absolute atomic E-state index is 0.260. The van der Waals surface area contributed by atoms with Crippen molar-refractivity contribution in [2.24, 2.45) is 0 Å². The van der Waals surface area contributed by atoms with Crippen molar-refractivity contribution in [1.82, 2.24) is 15.5 Å². The smallest absolute Gasteiger partial charge is 0.0534 e. The summed E-state index contributed by atoms with van der Waals surface area (Å²) >= 11 is 9.40. The summed E-state index contributed by atoms with van der Waals surface area (Å²) in [5.41, 5.74) is 2.33. The lowest BCUT2D eigenvalue weighted by Crippen LogP contribution is -2.17. The summed E-state index contributed by atoms with van der Waals surface area (Å²) in [5, 5.41) is 10.9. The van der Waals surface area contributed by atoms with Crippen LogP contribution in [0.25, 0.3) is 0 Å². The van der Waals surface area contributed by atoms with Crippen LogP contribution in [-0.4, -0.2) is 10.2 Å². The SMILES string of the molecule is CC(NCc1ccc(Cl)cc1Br)c1cn[nH]c1. The fourth-order valence-electron chi connectivity index (χ4n) is 1.54. The molecule has 0 spiro atoms. The Hall–Kier alpha value is -0.840. The van der Waals surface area contributed by atoms with Crippen LogP contribution in [0.5, 0.6) is 0 Å². The van der Waals surface area contributed by atoms with E-state index in [1.807, 2.05) is 30.6 Å². The van der Waals surface area contributed by atoms with Crippen molar-refractivity contribution in [2.45, 2.75) is 19.5 Å². The van der Waals surface area contributed by atoms with E-state index in [-0.39, 0.29) is 6.04 Å². The Morgan fingerprint density at radius 2 is 2.35 bits per heavy atom. The second-order valence-electron chi connectivity index (χ2n) is 3.87. The van der Waals surface area contributed by atoms with E-state index in [2.05, 4.69) is 38.4 Å². The summed E-state index contributed by atoms with van der Waals surface area (Å²) in [6.45, 7) is 2.89. The molecular formula is C12H13BrClN3. The third-order valence-electron chi connectivity index (χ3n) is 2.63. The molecule has 1 aromatic heterocycles. The predicted molar refractivity (Wildman–Crippen MR) is 73.0 cm³/mol. The van der Waals surface area contributed by atoms with Crippen LogP contribution in [0.2, 0.25) is 5.02 Å². The number of aromatic nitrogens is 2. The zero-order chi connectivity index (χ0) is 12.3. The zero-order valence-corrected chi connectivity index (χ0v) is 11.7. The minimum atomic E-state index is 0.260. The Morgan fingerprint density at radius 1 is 1.53 bits per heavy atom. The molecule has 5 heteroatoms. The average Bonchev–Trinajstić information content (AvgIpc) is 2.81. The second kappa shape index (κ2) is 5.67. The maximum Gasteiger partial charge on any atom is 0.0534 e. The van der Waals surface area contributed by atoms with Gasteiger partial charge in [0.2, 0.25) is 0 Å². The number of halogens is 2. The van der Waals surface area contributed by atoms with Crippen molar-refractivity contribution < 1.29 is 0 Å². The zero-order valence-electron chi connectivity index (χ0n) is 9.37. The first kappa shape index (κ1) is 12.6. The Bertz CT molecular complexity index is 485. The minimum Gasteiger partial charge on any atom is -0.306 e. The number of hydrogen-bond acceptors (Lipinski definition) is 2. The monoisotopic (exact) mass is 313 g/mol. The highest BCUT2D eigenvalue weighted by atomic mass is 79.9. The first-order valence-electron chi connectivity index (χ1n) is 5.33. The first-order valence-corrected chi connectivity index (χ1v) is 6.50. The summed E-state index contributed by atoms with van der Waals surface area (Å²) in [5.74, 6) is 0. The van der Waals surface area contributed by atoms with E-state index < -0.39 is 0 Å². The van der Waals surface area contributed by atoms with E-state index in [9.17, 15) is 0 Å². The molecule has 0 saturated carbocycles. The highest BCUT2D eigenvalue weighted by Gasteiger charge is 2.07. The molecule has 2 N–H and O–H groups in total. The number of nitrogens with zero attached hydrogens (tertiary/aromatic N) is 1. The Morgan fingerprint density at radius 3 is 3.00 bits per heavy atom. The molecule has 1 heterocycles. The molecule has 0 saturated heterocycles. The number of nitrogens with one attached hydrogen (secondary N) is 2. The number of H-pyrrole nitrogens is 1. The van der Waals surface area contributed by atoms with E-state index in [1.54, 1.807) is 0 Å². The van der Waals surface area contributed by atoms with Crippen molar-refractivity contribution in [3.8, 4) is 0 Å². The number of benzene rings is 1. The molecule has 1 aromatic carbocycles. The first-order chi connectivity index (χ1) is 8.16. The fourth-order valence-corrected chi connectivity index (χ4v) is 2.37. The summed E-state index contributed by atoms with van der Waals surface area (Å²) in [7, 11) is 0. The molecule has 1 atom stereocenters. The predicted octanol–water partition coefficient (Wildman–Crippen LogP) is 3.68. The quantitative estimate of drug-likeness (QED) is 0.904. The third kappa shape index (κ3) is 3.31. The van der Waals surface area contributed by atoms with Gasteiger partial charge in [-0.15, -0.1) is 0 Å². The van der Waals surface area contributed by atoms with E-state index in [1.165, 1.54) is 5.56 Å². The Balaban J connectivity index is 1.98. The molecule has 0 radical (unpaired) electrons. The molecule has 90 valence electrons. The van der Waals surface area contributed by atoms with Crippen LogP contribution >= 0.6 is 27.5 Å². The van der Waals surface area contributed by atoms with Gasteiger partial charge in [0.25, 0.3) is 0 Å². The van der Waals surface area contributed by atoms with Gasteiger partial charge in [-0.25, -0.2) is 0 Å². The average molecular weight is 315 g/mol. The van der Waals surface area contributed by atoms with Crippen molar-refractivity contribution in [1.29, 1.82) is 0 Å². The van der Waals surface area contributed by atoms with Gasteiger partial charge in [-0.05, 0) is 24.6 Å². The highest BCUT2D eigenvalue weighted by Crippen LogP contribution is 2.22. The topological polar surface area (TPSA) is 40.7 Å². The van der Waals surface area contributed by atoms with E-state index in [4.69, 9.17) is 11.6 Å². The van der Waals surface area contributed by atoms with Gasteiger partial charge in [-0.1, -0.05) is 33.6 Å². The number of hydrogen-bond donors (Lipinski definition) is 2. The summed E-state index contributed by atoms with van der Waals surface area (Å²) in [4.78, 5) is 0. The number of rotatable bonds is 4. The highest BCUT2D eigenvalue weighted by molar-refractivity contribution is 9.10. The largest absolute Gasteiger partial charge is 0.306 e. The van der Waals surface area contributed by atoms with Gasteiger partial charge in [-0.3, -0.25) is 5.10 Å². The Kier molecular flexibility index (Phi) is 4.20. The van der Waals surface area contributed by atoms with E-state index in [0.29, 0.717) is 0 Å². The molecule has 0 aliphatic rings. The van der Waals surface area contributed by atoms with Crippen LogP contribution in [-0.2, 0) is 6.54 Å². The molecule has 0 fully saturated rings. The maximum absolute atomic E-state index is 5.90. The van der Waals surface area contributed by atoms with Crippen LogP contribution < -0.4 is 5.32 Å². The van der Waals surface area contributed by atoms with Gasteiger partial charge in [0.1, 0.15) is 0 Å². The standard InChI is InChI=1S/C12H13BrClN3/c1-8(10-6-16-17-7-10)15-5-9-2-3-11(14)4-12(9)13/h2-4,6-8,15H,5H2,1H3,(H,16,17). The molecule has 17 heavy (non-hydrogen) atoms. The van der Waals surface area contributed by atoms with Crippen molar-refractivity contribution in [3.63, 3.8) is 0 Å². The maximum atomic E-state index is 5.90. The van der Waals surface area contributed by atoms with Gasteiger partial charge in [-0.2, -0.15) is 5.10 Å². The van der Waals surface area contributed by atoms with Gasteiger partial charge in [0.05, 0.1) is 6.20 Å². The molecule has 0 aliphatic carbocycles. The molecule has 3 nitrogen and oxygen atoms in total. The van der Waals surface area contributed by atoms with Crippen LogP contribution in [0.1, 0.15) is 24.1 Å². The number of aromatic amines is 1. The van der Waals surface area contributed by atoms with E-state index >= 15 is 0 Å². The molecular weight excluding hydrogens is 302 g/mol. The van der Waals surface area contributed by atoms with Gasteiger partial charge < -0.3 is 5.32 Å². The van der Waals surface area contributed by atoms with Crippen molar-refractivity contribution in [2.75, 3.05) is 0 Å². The molecule has 0 bridgehead atoms. The van der Waals surface area contributed by atoms with Crippen LogP contribution in [0, 0.1) is 0 Å². The lowest BCUT2D eigenvalue weighted by atomic mass is 10.1. The Labute approximate surface area is 114 Å². The second-order valence-corrected chi connectivity index (χ2v) is 5.16. The summed E-state index contributed by atoms with van der Waals surface area (Å²) in [6, 6.07) is 6.07. The lowest BCUT2D eigenvalue weighted by Gasteiger charge is -2.13. The van der Waals surface area contributed by atoms with Gasteiger partial charge >= 0.3 is 0 Å². The van der Waals surface area contributed by atoms with Crippen LogP contribution in [0.15, 0.2) is 35.1 Å². The lowest BCUT2D eigenvalue weighted by molar-refractivity contribution is 0.574. The summed E-state index contributed by atoms with van der Waals surface area (Å²) < 4.78 is 1.02. The van der Waals surface area contributed by atoms with E-state index in [0.717, 1.165) is 21.6 Å². The molecule has 1 unspecified atom stereocenters. The molecule has 2 aromatic rings. The van der Waals surface area contributed by atoms with Gasteiger partial charge in [0, 0.05) is 33.8 Å². The normalized spacial score (nSPS) is 12.6. The fraction of sp³-hybridized carbons (Fsp3) is 0.250. The molecule has 2 rings (SSSR count). The molecule has 0 aliphatic heterocycles. The van der Waals surface area contributed by atoms with Crippen LogP contribution in [0.3, 0.4) is 0 Å². The van der Waals surface area contributed by atoms with Crippen LogP contribution in [0.4, 0.5) is 0 Å². The third-order valence-corrected chi connectivity index (χ3v) is 3.61. The van der Waals surface area contributed by atoms with Gasteiger partial charge in [0.15, 0.2) is 0 Å².